The van der Waals surface area contributed by atoms with Gasteiger partial charge in [-0.2, -0.15) is 26.3 Å². The van der Waals surface area contributed by atoms with E-state index in [0.717, 1.165) is 11.0 Å². The van der Waals surface area contributed by atoms with E-state index in [4.69, 9.17) is 4.74 Å². The minimum absolute atomic E-state index is 0.142. The van der Waals surface area contributed by atoms with Crippen LogP contribution < -0.4 is 4.74 Å². The van der Waals surface area contributed by atoms with Crippen molar-refractivity contribution >= 4 is 16.9 Å². The van der Waals surface area contributed by atoms with E-state index in [2.05, 4.69) is 0 Å². The van der Waals surface area contributed by atoms with Crippen LogP contribution in [0.4, 0.5) is 26.3 Å². The highest BCUT2D eigenvalue weighted by atomic mass is 32.1. The molecule has 182 valence electrons. The van der Waals surface area contributed by atoms with Crippen molar-refractivity contribution in [3.05, 3.63) is 69.4 Å². The van der Waals surface area contributed by atoms with Crippen LogP contribution in [0.1, 0.15) is 34.9 Å². The van der Waals surface area contributed by atoms with Crippen molar-refractivity contribution in [3.63, 3.8) is 0 Å². The van der Waals surface area contributed by atoms with Crippen molar-refractivity contribution in [2.24, 2.45) is 0 Å². The fourth-order valence-corrected chi connectivity index (χ4v) is 3.66. The molecule has 0 aliphatic rings. The van der Waals surface area contributed by atoms with Crippen molar-refractivity contribution in [2.45, 2.75) is 51.1 Å². The van der Waals surface area contributed by atoms with Gasteiger partial charge in [0.15, 0.2) is 0 Å². The van der Waals surface area contributed by atoms with E-state index >= 15 is 0 Å². The van der Waals surface area contributed by atoms with E-state index in [0.29, 0.717) is 40.5 Å². The highest BCUT2D eigenvalue weighted by Gasteiger charge is 2.68. The fourth-order valence-electron chi connectivity index (χ4n) is 2.84. The third-order valence-corrected chi connectivity index (χ3v) is 5.71. The molecule has 2 rings (SSSR count). The number of ether oxygens (including phenoxy) is 1. The van der Waals surface area contributed by atoms with Crippen LogP contribution in [0.3, 0.4) is 0 Å². The largest absolute Gasteiger partial charge is 0.488 e. The molecule has 0 spiro atoms. The maximum atomic E-state index is 12.8. The van der Waals surface area contributed by atoms with Gasteiger partial charge in [0, 0.05) is 4.88 Å². The summed E-state index contributed by atoms with van der Waals surface area (Å²) in [5.41, 5.74) is -2.79. The molecule has 1 aromatic heterocycles. The van der Waals surface area contributed by atoms with Crippen LogP contribution in [0.5, 0.6) is 5.75 Å². The lowest BCUT2D eigenvalue weighted by atomic mass is 10.0. The molecule has 0 amide bonds. The van der Waals surface area contributed by atoms with E-state index in [-0.39, 0.29) is 25.9 Å². The van der Waals surface area contributed by atoms with Crippen LogP contribution in [-0.2, 0) is 19.8 Å². The Morgan fingerprint density at radius 3 is 2.18 bits per heavy atom. The van der Waals surface area contributed by atoms with Gasteiger partial charge in [-0.25, -0.2) is 0 Å². The number of rotatable bonds is 9. The number of benzene rings is 1. The average Bonchev–Trinajstić information content (AvgIpc) is 3.22. The molecule has 4 nitrogen and oxygen atoms in total. The summed E-state index contributed by atoms with van der Waals surface area (Å²) < 4.78 is 82.3. The third-order valence-electron chi connectivity index (χ3n) is 4.80. The van der Waals surface area contributed by atoms with Crippen molar-refractivity contribution in [2.75, 3.05) is 0 Å². The Kier molecular flexibility index (Phi) is 8.75. The van der Waals surface area contributed by atoms with Gasteiger partial charge in [0.1, 0.15) is 12.4 Å². The molecule has 3 N–H and O–H groups in total. The smallest absolute Gasteiger partial charge is 0.430 e. The van der Waals surface area contributed by atoms with E-state index in [1.165, 1.54) is 11.3 Å². The Hall–Kier alpha value is -2.34. The number of alkyl halides is 6. The number of allylic oxidation sites excluding steroid dienone is 3. The maximum Gasteiger partial charge on any atom is 0.430 e. The summed E-state index contributed by atoms with van der Waals surface area (Å²) in [7, 11) is 0. The summed E-state index contributed by atoms with van der Waals surface area (Å²) in [6.45, 7) is 1.33. The molecule has 0 fully saturated rings. The van der Waals surface area contributed by atoms with Crippen LogP contribution in [0.2, 0.25) is 0 Å². The number of aliphatic hydroxyl groups is 3. The maximum absolute atomic E-state index is 12.8. The molecule has 0 atom stereocenters. The highest BCUT2D eigenvalue weighted by molar-refractivity contribution is 7.10. The zero-order valence-corrected chi connectivity index (χ0v) is 18.2. The minimum atomic E-state index is -5.92. The van der Waals surface area contributed by atoms with Gasteiger partial charge in [-0.15, -0.1) is 11.3 Å². The van der Waals surface area contributed by atoms with Crippen LogP contribution in [0, 0.1) is 0 Å². The summed E-state index contributed by atoms with van der Waals surface area (Å²) >= 11 is 1.29. The second-order valence-corrected chi connectivity index (χ2v) is 8.00. The van der Waals surface area contributed by atoms with Gasteiger partial charge in [0.25, 0.3) is 5.60 Å². The van der Waals surface area contributed by atoms with Crippen LogP contribution >= 0.6 is 11.3 Å². The molecule has 0 aliphatic heterocycles. The Morgan fingerprint density at radius 1 is 1.00 bits per heavy atom. The Labute approximate surface area is 190 Å². The molecule has 2 aromatic rings. The fraction of sp³-hybridized carbons (Fsp3) is 0.364. The monoisotopic (exact) mass is 496 g/mol. The molecular formula is C22H22F6O4S. The molecule has 1 heterocycles. The molecule has 1 aromatic carbocycles. The van der Waals surface area contributed by atoms with Gasteiger partial charge in [-0.05, 0) is 58.3 Å². The summed E-state index contributed by atoms with van der Waals surface area (Å²) in [5.74, 6) is 0.457. The van der Waals surface area contributed by atoms with Crippen molar-refractivity contribution in [1.29, 1.82) is 0 Å². The lowest BCUT2D eigenvalue weighted by molar-refractivity contribution is -0.347. The zero-order chi connectivity index (χ0) is 24.9. The Bertz CT molecular complexity index is 978. The first-order chi connectivity index (χ1) is 15.4. The summed E-state index contributed by atoms with van der Waals surface area (Å²) in [4.78, 5) is 0.743. The van der Waals surface area contributed by atoms with Gasteiger partial charge in [-0.1, -0.05) is 25.1 Å². The predicted octanol–water partition coefficient (Wildman–Crippen LogP) is 5.52. The normalized spacial score (nSPS) is 13.7. The molecule has 0 aliphatic carbocycles. The van der Waals surface area contributed by atoms with Gasteiger partial charge in [-0.3, -0.25) is 0 Å². The Morgan fingerprint density at radius 2 is 1.64 bits per heavy atom. The zero-order valence-electron chi connectivity index (χ0n) is 17.4. The van der Waals surface area contributed by atoms with Gasteiger partial charge >= 0.3 is 12.4 Å². The highest BCUT2D eigenvalue weighted by Crippen LogP contribution is 2.44. The van der Waals surface area contributed by atoms with E-state index in [1.54, 1.807) is 36.6 Å². The number of hydrogen-bond acceptors (Lipinski definition) is 5. The first kappa shape index (κ1) is 26.9. The summed E-state index contributed by atoms with van der Waals surface area (Å²) in [6, 6.07) is 6.53. The predicted molar refractivity (Wildman–Crippen MR) is 111 cm³/mol. The average molecular weight is 496 g/mol. The van der Waals surface area contributed by atoms with Crippen LogP contribution in [0.15, 0.2) is 47.9 Å². The van der Waals surface area contributed by atoms with Crippen molar-refractivity contribution in [1.82, 2.24) is 0 Å². The molecule has 11 heteroatoms. The molecule has 33 heavy (non-hydrogen) atoms. The van der Waals surface area contributed by atoms with Crippen molar-refractivity contribution < 1.29 is 46.4 Å². The number of aliphatic hydroxyl groups excluding tert-OH is 2. The second-order valence-electron chi connectivity index (χ2n) is 7.00. The summed E-state index contributed by atoms with van der Waals surface area (Å²) in [6.07, 6.45) is -10.2. The first-order valence-electron chi connectivity index (χ1n) is 9.64. The molecule has 0 radical (unpaired) electrons. The van der Waals surface area contributed by atoms with Gasteiger partial charge in [0.2, 0.25) is 0 Å². The van der Waals surface area contributed by atoms with E-state index < -0.39 is 18.0 Å². The third kappa shape index (κ3) is 6.38. The second kappa shape index (κ2) is 10.7. The molecule has 0 unspecified atom stereocenters. The molecular weight excluding hydrogens is 474 g/mol. The van der Waals surface area contributed by atoms with Crippen molar-refractivity contribution in [3.8, 4) is 5.75 Å². The molecule has 0 saturated heterocycles. The number of thiophene rings is 1. The van der Waals surface area contributed by atoms with Gasteiger partial charge in [0.05, 0.1) is 13.2 Å². The van der Waals surface area contributed by atoms with Crippen LogP contribution in [-0.4, -0.2) is 33.3 Å². The first-order valence-corrected chi connectivity index (χ1v) is 10.5. The summed E-state index contributed by atoms with van der Waals surface area (Å²) in [5, 5.41) is 29.4. The van der Waals surface area contributed by atoms with Crippen LogP contribution in [0.25, 0.3) is 5.57 Å². The van der Waals surface area contributed by atoms with E-state index in [1.807, 2.05) is 0 Å². The quantitative estimate of drug-likeness (QED) is 0.316. The lowest BCUT2D eigenvalue weighted by Crippen LogP contribution is -2.55. The SMILES string of the molecule is CC/C(=C\C=C\C(O)(C(F)(F)F)C(F)(F)F)c1csc(COc2ccc(CO)c(CO)c2)c1. The minimum Gasteiger partial charge on any atom is -0.488 e. The molecule has 0 bridgehead atoms. The number of halogens is 6. The van der Waals surface area contributed by atoms with E-state index in [9.17, 15) is 41.7 Å². The lowest BCUT2D eigenvalue weighted by Gasteiger charge is -2.29. The number of hydrogen-bond donors (Lipinski definition) is 3. The Balaban J connectivity index is 2.15. The topological polar surface area (TPSA) is 69.9 Å². The standard InChI is InChI=1S/C22H22F6O4S/c1-2-14(4-3-7-20(31,21(23,24)25)22(26,27)28)17-9-19(33-13-17)12-32-18-6-5-15(10-29)16(8-18)11-30/h3-9,13,29-31H,2,10-12H2,1H3/b7-3+,14-4+. The molecule has 0 saturated carbocycles. The van der Waals surface area contributed by atoms with Gasteiger partial charge < -0.3 is 20.1 Å².